The summed E-state index contributed by atoms with van der Waals surface area (Å²) < 4.78 is 5.77. The smallest absolute Gasteiger partial charge is 0.269 e. The van der Waals surface area contributed by atoms with Crippen LogP contribution in [0.4, 0.5) is 11.4 Å². The summed E-state index contributed by atoms with van der Waals surface area (Å²) in [7, 11) is 0. The van der Waals surface area contributed by atoms with Crippen LogP contribution in [0.1, 0.15) is 16.8 Å². The number of nitro benzene ring substituents is 1. The SMILES string of the molecule is O=C(CCNC(=O)c1ccc([N+](=O)[O-])cc1)Nc1ccc2oc3ccccc3c2c1. The number of para-hydroxylation sites is 1. The zero-order valence-electron chi connectivity index (χ0n) is 15.8. The Morgan fingerprint density at radius 2 is 1.67 bits per heavy atom. The highest BCUT2D eigenvalue weighted by atomic mass is 16.6. The van der Waals surface area contributed by atoms with Crippen LogP contribution in [0.25, 0.3) is 21.9 Å². The van der Waals surface area contributed by atoms with Crippen molar-refractivity contribution in [3.8, 4) is 0 Å². The van der Waals surface area contributed by atoms with Gasteiger partial charge in [0.05, 0.1) is 4.92 Å². The second-order valence-electron chi connectivity index (χ2n) is 6.67. The van der Waals surface area contributed by atoms with Gasteiger partial charge in [0.25, 0.3) is 11.6 Å². The van der Waals surface area contributed by atoms with Crippen LogP contribution >= 0.6 is 0 Å². The molecule has 0 aliphatic carbocycles. The van der Waals surface area contributed by atoms with Crippen molar-refractivity contribution in [2.45, 2.75) is 6.42 Å². The van der Waals surface area contributed by atoms with Crippen molar-refractivity contribution in [2.24, 2.45) is 0 Å². The second-order valence-corrected chi connectivity index (χ2v) is 6.67. The van der Waals surface area contributed by atoms with E-state index in [4.69, 9.17) is 4.42 Å². The van der Waals surface area contributed by atoms with Crippen LogP contribution in [-0.2, 0) is 4.79 Å². The molecule has 2 N–H and O–H groups in total. The molecule has 150 valence electrons. The van der Waals surface area contributed by atoms with Crippen LogP contribution in [0.3, 0.4) is 0 Å². The Labute approximate surface area is 170 Å². The van der Waals surface area contributed by atoms with Crippen molar-refractivity contribution < 1.29 is 18.9 Å². The maximum atomic E-state index is 12.2. The summed E-state index contributed by atoms with van der Waals surface area (Å²) in [6.45, 7) is 0.137. The number of benzene rings is 3. The van der Waals surface area contributed by atoms with Crippen molar-refractivity contribution in [1.82, 2.24) is 5.32 Å². The molecule has 3 aromatic carbocycles. The summed E-state index contributed by atoms with van der Waals surface area (Å²) in [4.78, 5) is 34.4. The average Bonchev–Trinajstić information content (AvgIpc) is 3.12. The number of hydrogen-bond donors (Lipinski definition) is 2. The zero-order chi connectivity index (χ0) is 21.1. The van der Waals surface area contributed by atoms with E-state index in [0.29, 0.717) is 11.3 Å². The number of nitrogens with one attached hydrogen (secondary N) is 2. The van der Waals surface area contributed by atoms with Crippen molar-refractivity contribution in [3.05, 3.63) is 82.4 Å². The highest BCUT2D eigenvalue weighted by Gasteiger charge is 2.11. The average molecular weight is 403 g/mol. The third kappa shape index (κ3) is 3.97. The van der Waals surface area contributed by atoms with E-state index in [2.05, 4.69) is 10.6 Å². The Hall–Kier alpha value is -4.20. The third-order valence-electron chi connectivity index (χ3n) is 4.64. The van der Waals surface area contributed by atoms with E-state index in [1.807, 2.05) is 30.3 Å². The lowest BCUT2D eigenvalue weighted by molar-refractivity contribution is -0.384. The molecule has 4 rings (SSSR count). The van der Waals surface area contributed by atoms with Crippen molar-refractivity contribution >= 4 is 45.1 Å². The van der Waals surface area contributed by atoms with Gasteiger partial charge in [-0.25, -0.2) is 0 Å². The van der Waals surface area contributed by atoms with Gasteiger partial charge in [-0.15, -0.1) is 0 Å². The first kappa shape index (κ1) is 19.1. The number of furan rings is 1. The molecule has 0 unspecified atom stereocenters. The van der Waals surface area contributed by atoms with Gasteiger partial charge < -0.3 is 15.1 Å². The topological polar surface area (TPSA) is 114 Å². The number of nitro groups is 1. The third-order valence-corrected chi connectivity index (χ3v) is 4.64. The molecule has 1 aromatic heterocycles. The number of hydrogen-bond acceptors (Lipinski definition) is 5. The van der Waals surface area contributed by atoms with Gasteiger partial charge in [-0.3, -0.25) is 19.7 Å². The molecule has 2 amide bonds. The monoisotopic (exact) mass is 403 g/mol. The Kier molecular flexibility index (Phi) is 5.13. The summed E-state index contributed by atoms with van der Waals surface area (Å²) in [6, 6.07) is 18.4. The summed E-state index contributed by atoms with van der Waals surface area (Å²) in [5.41, 5.74) is 2.36. The fraction of sp³-hybridized carbons (Fsp3) is 0.0909. The van der Waals surface area contributed by atoms with Crippen LogP contribution in [0.2, 0.25) is 0 Å². The Morgan fingerprint density at radius 3 is 2.43 bits per heavy atom. The number of non-ortho nitro benzene ring substituents is 1. The normalized spacial score (nSPS) is 10.8. The summed E-state index contributed by atoms with van der Waals surface area (Å²) >= 11 is 0. The Balaban J connectivity index is 1.34. The van der Waals surface area contributed by atoms with E-state index in [1.165, 1.54) is 24.3 Å². The lowest BCUT2D eigenvalue weighted by Crippen LogP contribution is -2.27. The molecule has 0 radical (unpaired) electrons. The van der Waals surface area contributed by atoms with Gasteiger partial charge in [0.15, 0.2) is 0 Å². The molecule has 8 heteroatoms. The van der Waals surface area contributed by atoms with E-state index in [-0.39, 0.29) is 24.6 Å². The maximum Gasteiger partial charge on any atom is 0.269 e. The fourth-order valence-corrected chi connectivity index (χ4v) is 3.15. The minimum absolute atomic E-state index is 0.0862. The minimum Gasteiger partial charge on any atom is -0.456 e. The van der Waals surface area contributed by atoms with Crippen LogP contribution in [-0.4, -0.2) is 23.3 Å². The quantitative estimate of drug-likeness (QED) is 0.369. The van der Waals surface area contributed by atoms with Gasteiger partial charge in [-0.1, -0.05) is 18.2 Å². The summed E-state index contributed by atoms with van der Waals surface area (Å²) in [5, 5.41) is 18.0. The van der Waals surface area contributed by atoms with Crippen molar-refractivity contribution in [1.29, 1.82) is 0 Å². The number of anilines is 1. The first-order chi connectivity index (χ1) is 14.5. The molecule has 30 heavy (non-hydrogen) atoms. The zero-order valence-corrected chi connectivity index (χ0v) is 15.8. The highest BCUT2D eigenvalue weighted by molar-refractivity contribution is 6.07. The van der Waals surface area contributed by atoms with Gasteiger partial charge in [-0.05, 0) is 36.4 Å². The largest absolute Gasteiger partial charge is 0.456 e. The van der Waals surface area contributed by atoms with Gasteiger partial charge in [0, 0.05) is 47.1 Å². The molecule has 8 nitrogen and oxygen atoms in total. The van der Waals surface area contributed by atoms with Crippen molar-refractivity contribution in [2.75, 3.05) is 11.9 Å². The van der Waals surface area contributed by atoms with E-state index in [9.17, 15) is 19.7 Å². The molecule has 1 heterocycles. The molecule has 0 bridgehead atoms. The number of rotatable bonds is 6. The van der Waals surface area contributed by atoms with Gasteiger partial charge in [0.2, 0.25) is 5.91 Å². The fourth-order valence-electron chi connectivity index (χ4n) is 3.15. The first-order valence-corrected chi connectivity index (χ1v) is 9.25. The molecule has 0 saturated carbocycles. The molecule has 0 fully saturated rings. The molecule has 0 aliphatic heterocycles. The minimum atomic E-state index is -0.532. The Bertz CT molecular complexity index is 1260. The van der Waals surface area contributed by atoms with Gasteiger partial charge in [0.1, 0.15) is 11.2 Å². The van der Waals surface area contributed by atoms with Crippen LogP contribution < -0.4 is 10.6 Å². The van der Waals surface area contributed by atoms with Gasteiger partial charge >= 0.3 is 0 Å². The number of amides is 2. The maximum absolute atomic E-state index is 12.2. The molecule has 4 aromatic rings. The predicted molar refractivity (Wildman–Crippen MR) is 112 cm³/mol. The molecule has 0 aliphatic rings. The molecule has 0 spiro atoms. The molecular formula is C22H17N3O5. The lowest BCUT2D eigenvalue weighted by Gasteiger charge is -2.07. The lowest BCUT2D eigenvalue weighted by atomic mass is 10.1. The second kappa shape index (κ2) is 8.04. The van der Waals surface area contributed by atoms with Crippen LogP contribution in [0, 0.1) is 10.1 Å². The van der Waals surface area contributed by atoms with E-state index >= 15 is 0 Å². The Morgan fingerprint density at radius 1 is 0.933 bits per heavy atom. The first-order valence-electron chi connectivity index (χ1n) is 9.25. The molecular weight excluding hydrogens is 386 g/mol. The number of fused-ring (bicyclic) bond motifs is 3. The summed E-state index contributed by atoms with van der Waals surface area (Å²) in [5.74, 6) is -0.643. The van der Waals surface area contributed by atoms with Gasteiger partial charge in [-0.2, -0.15) is 0 Å². The van der Waals surface area contributed by atoms with E-state index in [1.54, 1.807) is 12.1 Å². The van der Waals surface area contributed by atoms with Crippen molar-refractivity contribution in [3.63, 3.8) is 0 Å². The highest BCUT2D eigenvalue weighted by Crippen LogP contribution is 2.30. The van der Waals surface area contributed by atoms with E-state index in [0.717, 1.165) is 21.9 Å². The van der Waals surface area contributed by atoms with E-state index < -0.39 is 10.8 Å². The number of carbonyl (C=O) groups excluding carboxylic acids is 2. The van der Waals surface area contributed by atoms with Crippen LogP contribution in [0.5, 0.6) is 0 Å². The standard InChI is InChI=1S/C22H17N3O5/c26-21(11-12-23-22(27)14-5-8-16(9-6-14)25(28)29)24-15-7-10-20-18(13-15)17-3-1-2-4-19(17)30-20/h1-10,13H,11-12H2,(H,23,27)(H,24,26). The van der Waals surface area contributed by atoms with Crippen LogP contribution in [0.15, 0.2) is 71.1 Å². The number of nitrogens with zero attached hydrogens (tertiary/aromatic N) is 1. The predicted octanol–water partition coefficient (Wildman–Crippen LogP) is 4.25. The molecule has 0 saturated heterocycles. The summed E-state index contributed by atoms with van der Waals surface area (Å²) in [6.07, 6.45) is 0.0862. The number of carbonyl (C=O) groups is 2. The molecule has 0 atom stereocenters.